The van der Waals surface area contributed by atoms with Gasteiger partial charge >= 0.3 is 5.97 Å². The van der Waals surface area contributed by atoms with Crippen LogP contribution in [-0.2, 0) is 29.1 Å². The lowest BCUT2D eigenvalue weighted by molar-refractivity contribution is -0.142. The number of aromatic amines is 1. The first-order valence-corrected chi connectivity index (χ1v) is 10.3. The van der Waals surface area contributed by atoms with Gasteiger partial charge in [-0.3, -0.25) is 4.79 Å². The number of nitrogens with two attached hydrogens (primary N) is 1. The van der Waals surface area contributed by atoms with Crippen LogP contribution in [0.2, 0.25) is 0 Å². The third-order valence-electron chi connectivity index (χ3n) is 5.06. The number of benzene rings is 3. The van der Waals surface area contributed by atoms with Crippen LogP contribution in [-0.4, -0.2) is 22.5 Å². The molecular weight excluding hydrogens is 390 g/mol. The molecule has 3 N–H and O–H groups in total. The first-order chi connectivity index (χ1) is 15.2. The van der Waals surface area contributed by atoms with Crippen LogP contribution in [0.15, 0.2) is 67.0 Å². The fourth-order valence-electron chi connectivity index (χ4n) is 3.60. The molecule has 0 saturated heterocycles. The second kappa shape index (κ2) is 9.45. The van der Waals surface area contributed by atoms with Crippen LogP contribution in [0, 0.1) is 0 Å². The fourth-order valence-corrected chi connectivity index (χ4v) is 3.60. The number of H-pyrrole nitrogens is 1. The van der Waals surface area contributed by atoms with Gasteiger partial charge in [0.25, 0.3) is 0 Å². The van der Waals surface area contributed by atoms with Gasteiger partial charge in [-0.1, -0.05) is 36.4 Å². The van der Waals surface area contributed by atoms with Gasteiger partial charge in [-0.05, 0) is 47.9 Å². The van der Waals surface area contributed by atoms with Crippen molar-refractivity contribution in [3.05, 3.63) is 83.7 Å². The quantitative estimate of drug-likeness (QED) is 0.417. The van der Waals surface area contributed by atoms with Gasteiger partial charge < -0.3 is 20.2 Å². The summed E-state index contributed by atoms with van der Waals surface area (Å²) in [6.45, 7) is 3.00. The Morgan fingerprint density at radius 3 is 2.77 bits per heavy atom. The summed E-state index contributed by atoms with van der Waals surface area (Å²) in [5.41, 5.74) is 12.6. The Labute approximate surface area is 181 Å². The number of carbonyl (C=O) groups is 1. The summed E-state index contributed by atoms with van der Waals surface area (Å²) in [6, 6.07) is 19.8. The molecule has 0 spiro atoms. The number of rotatable bonds is 8. The van der Waals surface area contributed by atoms with E-state index in [4.69, 9.17) is 15.2 Å². The van der Waals surface area contributed by atoms with Crippen molar-refractivity contribution in [2.45, 2.75) is 26.5 Å². The van der Waals surface area contributed by atoms with Crippen molar-refractivity contribution in [2.24, 2.45) is 5.73 Å². The highest BCUT2D eigenvalue weighted by Crippen LogP contribution is 2.30. The Bertz CT molecular complexity index is 1200. The molecule has 0 unspecified atom stereocenters. The van der Waals surface area contributed by atoms with E-state index in [2.05, 4.69) is 28.2 Å². The van der Waals surface area contributed by atoms with Gasteiger partial charge in [-0.25, -0.2) is 4.98 Å². The topological polar surface area (TPSA) is 90.2 Å². The number of aromatic nitrogens is 2. The molecule has 0 radical (unpaired) electrons. The lowest BCUT2D eigenvalue weighted by Gasteiger charge is -2.13. The zero-order chi connectivity index (χ0) is 21.6. The van der Waals surface area contributed by atoms with E-state index in [1.165, 1.54) is 0 Å². The number of nitrogens with zero attached hydrogens (tertiary/aromatic N) is 1. The molecule has 0 aliphatic carbocycles. The lowest BCUT2D eigenvalue weighted by Crippen LogP contribution is -2.09. The summed E-state index contributed by atoms with van der Waals surface area (Å²) in [5, 5.41) is 0. The highest BCUT2D eigenvalue weighted by Gasteiger charge is 2.12. The highest BCUT2D eigenvalue weighted by atomic mass is 16.5. The Morgan fingerprint density at radius 1 is 1.06 bits per heavy atom. The molecule has 1 aromatic heterocycles. The minimum atomic E-state index is -0.264. The van der Waals surface area contributed by atoms with Crippen molar-refractivity contribution in [1.82, 2.24) is 9.97 Å². The summed E-state index contributed by atoms with van der Waals surface area (Å²) in [4.78, 5) is 19.6. The molecule has 3 aromatic carbocycles. The molecule has 0 amide bonds. The number of hydrogen-bond donors (Lipinski definition) is 2. The van der Waals surface area contributed by atoms with Crippen LogP contribution in [0.4, 0.5) is 0 Å². The summed E-state index contributed by atoms with van der Waals surface area (Å²) in [7, 11) is 0. The number of fused-ring (bicyclic) bond motifs is 1. The molecule has 6 nitrogen and oxygen atoms in total. The largest absolute Gasteiger partial charge is 0.489 e. The summed E-state index contributed by atoms with van der Waals surface area (Å²) >= 11 is 0. The van der Waals surface area contributed by atoms with Crippen LogP contribution in [0.3, 0.4) is 0 Å². The maximum absolute atomic E-state index is 11.9. The molecule has 0 bridgehead atoms. The molecule has 0 saturated carbocycles. The van der Waals surface area contributed by atoms with Gasteiger partial charge in [0.15, 0.2) is 0 Å². The SMILES string of the molecule is CCOC(=O)Cc1ccccc1OCc1cc(-c2cccc(CN)c2)c2nc[nH]c2c1. The van der Waals surface area contributed by atoms with E-state index < -0.39 is 0 Å². The number of imidazole rings is 1. The fraction of sp³-hybridized carbons (Fsp3) is 0.200. The van der Waals surface area contributed by atoms with Crippen molar-refractivity contribution in [1.29, 1.82) is 0 Å². The van der Waals surface area contributed by atoms with Crippen LogP contribution in [0.5, 0.6) is 5.75 Å². The molecular formula is C25H25N3O3. The zero-order valence-corrected chi connectivity index (χ0v) is 17.4. The maximum Gasteiger partial charge on any atom is 0.310 e. The minimum absolute atomic E-state index is 0.181. The van der Waals surface area contributed by atoms with Crippen molar-refractivity contribution >= 4 is 17.0 Å². The number of ether oxygens (including phenoxy) is 2. The molecule has 1 heterocycles. The van der Waals surface area contributed by atoms with Gasteiger partial charge in [0, 0.05) is 17.7 Å². The van der Waals surface area contributed by atoms with Crippen LogP contribution < -0.4 is 10.5 Å². The summed E-state index contributed by atoms with van der Waals surface area (Å²) in [6.07, 6.45) is 1.88. The second-order valence-electron chi connectivity index (χ2n) is 7.22. The molecule has 4 rings (SSSR count). The Hall–Kier alpha value is -3.64. The monoisotopic (exact) mass is 415 g/mol. The molecule has 0 aliphatic rings. The van der Waals surface area contributed by atoms with Crippen LogP contribution >= 0.6 is 0 Å². The van der Waals surface area contributed by atoms with Gasteiger partial charge in [0.05, 0.1) is 30.4 Å². The smallest absolute Gasteiger partial charge is 0.310 e. The Balaban J connectivity index is 1.61. The molecule has 0 aliphatic heterocycles. The van der Waals surface area contributed by atoms with Gasteiger partial charge in [-0.2, -0.15) is 0 Å². The van der Waals surface area contributed by atoms with E-state index in [9.17, 15) is 4.79 Å². The normalized spacial score (nSPS) is 10.9. The first-order valence-electron chi connectivity index (χ1n) is 10.3. The average molecular weight is 415 g/mol. The lowest BCUT2D eigenvalue weighted by atomic mass is 9.99. The summed E-state index contributed by atoms with van der Waals surface area (Å²) in [5.74, 6) is 0.409. The van der Waals surface area contributed by atoms with Crippen LogP contribution in [0.25, 0.3) is 22.2 Å². The van der Waals surface area contributed by atoms with E-state index in [0.29, 0.717) is 25.5 Å². The van der Waals surface area contributed by atoms with E-state index in [-0.39, 0.29) is 12.4 Å². The predicted octanol–water partition coefficient (Wildman–Crippen LogP) is 4.37. The minimum Gasteiger partial charge on any atom is -0.489 e. The highest BCUT2D eigenvalue weighted by molar-refractivity contribution is 5.92. The molecule has 0 atom stereocenters. The number of carbonyl (C=O) groups excluding carboxylic acids is 1. The average Bonchev–Trinajstić information content (AvgIpc) is 3.27. The molecule has 6 heteroatoms. The van der Waals surface area contributed by atoms with Crippen LogP contribution in [0.1, 0.15) is 23.6 Å². The molecule has 4 aromatic rings. The maximum atomic E-state index is 11.9. The van der Waals surface area contributed by atoms with E-state index in [0.717, 1.165) is 38.9 Å². The standard InChI is InChI=1S/C25H25N3O3/c1-2-30-24(29)13-20-7-3-4-9-23(20)31-15-18-11-21(25-22(12-18)27-16-28-25)19-8-5-6-17(10-19)14-26/h3-12,16H,2,13-15,26H2,1H3,(H,27,28). The predicted molar refractivity (Wildman–Crippen MR) is 121 cm³/mol. The Morgan fingerprint density at radius 2 is 1.94 bits per heavy atom. The summed E-state index contributed by atoms with van der Waals surface area (Å²) < 4.78 is 11.2. The van der Waals surface area contributed by atoms with E-state index >= 15 is 0 Å². The van der Waals surface area contributed by atoms with E-state index in [1.807, 2.05) is 42.5 Å². The number of nitrogens with one attached hydrogen (secondary N) is 1. The van der Waals surface area contributed by atoms with Gasteiger partial charge in [0.1, 0.15) is 12.4 Å². The first kappa shape index (κ1) is 20.6. The number of hydrogen-bond acceptors (Lipinski definition) is 5. The number of esters is 1. The molecule has 158 valence electrons. The van der Waals surface area contributed by atoms with Crippen molar-refractivity contribution < 1.29 is 14.3 Å². The van der Waals surface area contributed by atoms with Gasteiger partial charge in [-0.15, -0.1) is 0 Å². The van der Waals surface area contributed by atoms with Crippen molar-refractivity contribution in [3.8, 4) is 16.9 Å². The number of para-hydroxylation sites is 1. The third kappa shape index (κ3) is 4.75. The zero-order valence-electron chi connectivity index (χ0n) is 17.4. The second-order valence-corrected chi connectivity index (χ2v) is 7.22. The van der Waals surface area contributed by atoms with Crippen molar-refractivity contribution in [3.63, 3.8) is 0 Å². The third-order valence-corrected chi connectivity index (χ3v) is 5.06. The molecule has 0 fully saturated rings. The molecule has 31 heavy (non-hydrogen) atoms. The van der Waals surface area contributed by atoms with Gasteiger partial charge in [0.2, 0.25) is 0 Å². The Kier molecular flexibility index (Phi) is 6.29. The van der Waals surface area contributed by atoms with E-state index in [1.54, 1.807) is 13.3 Å². The van der Waals surface area contributed by atoms with Crippen molar-refractivity contribution in [2.75, 3.05) is 6.61 Å².